The van der Waals surface area contributed by atoms with Crippen LogP contribution in [0.15, 0.2) is 24.3 Å². The summed E-state index contributed by atoms with van der Waals surface area (Å²) in [5.41, 5.74) is 6.82. The van der Waals surface area contributed by atoms with Crippen molar-refractivity contribution in [2.45, 2.75) is 0 Å². The first-order valence-corrected chi connectivity index (χ1v) is 3.30. The number of aromatic nitrogens is 1. The number of benzene rings is 1. The molecular weight excluding hydrogens is 143 g/mol. The second kappa shape index (κ2) is 1.99. The lowest BCUT2D eigenvalue weighted by Gasteiger charge is -1.92. The van der Waals surface area contributed by atoms with Gasteiger partial charge in [-0.25, -0.2) is 0 Å². The summed E-state index contributed by atoms with van der Waals surface area (Å²) in [7, 11) is 0. The molecule has 2 aromatic rings. The number of fused-ring (bicyclic) bond motifs is 1. The van der Waals surface area contributed by atoms with Crippen LogP contribution in [0.5, 0.6) is 0 Å². The summed E-state index contributed by atoms with van der Waals surface area (Å²) in [6.07, 6.45) is 0. The maximum atomic E-state index is 12.6. The molecule has 0 saturated carbocycles. The quantitative estimate of drug-likeness (QED) is 0.553. The van der Waals surface area contributed by atoms with Gasteiger partial charge >= 0.3 is 0 Å². The number of anilines is 1. The Morgan fingerprint density at radius 2 is 2.18 bits per heavy atom. The molecule has 0 saturated heterocycles. The van der Waals surface area contributed by atoms with Crippen molar-refractivity contribution in [2.24, 2.45) is 0 Å². The monoisotopic (exact) mass is 150 g/mol. The van der Waals surface area contributed by atoms with Crippen LogP contribution in [0.25, 0.3) is 10.9 Å². The Balaban J connectivity index is 2.90. The summed E-state index contributed by atoms with van der Waals surface area (Å²) in [6, 6.07) is 6.76. The predicted octanol–water partition coefficient (Wildman–Crippen LogP) is 1.89. The minimum absolute atomic E-state index is 0.349. The number of nitrogen functional groups attached to an aromatic ring is 1. The third-order valence-electron chi connectivity index (χ3n) is 1.66. The summed E-state index contributed by atoms with van der Waals surface area (Å²) in [4.78, 5) is 2.54. The second-order valence-corrected chi connectivity index (χ2v) is 2.43. The molecule has 3 heteroatoms. The van der Waals surface area contributed by atoms with E-state index in [1.54, 1.807) is 12.1 Å². The van der Waals surface area contributed by atoms with E-state index >= 15 is 0 Å². The van der Waals surface area contributed by atoms with Crippen molar-refractivity contribution in [3.8, 4) is 0 Å². The number of para-hydroxylation sites is 1. The highest BCUT2D eigenvalue weighted by atomic mass is 19.1. The van der Waals surface area contributed by atoms with Gasteiger partial charge in [-0.05, 0) is 6.07 Å². The van der Waals surface area contributed by atoms with Gasteiger partial charge in [0.1, 0.15) is 0 Å². The van der Waals surface area contributed by atoms with Gasteiger partial charge in [0, 0.05) is 11.5 Å². The lowest BCUT2D eigenvalue weighted by atomic mass is 10.2. The summed E-state index contributed by atoms with van der Waals surface area (Å²) in [5, 5.41) is 0.808. The summed E-state index contributed by atoms with van der Waals surface area (Å²) in [5.74, 6) is -0.349. The van der Waals surface area contributed by atoms with Crippen LogP contribution in [0, 0.1) is 5.95 Å². The molecule has 2 nitrogen and oxygen atoms in total. The van der Waals surface area contributed by atoms with Gasteiger partial charge < -0.3 is 10.7 Å². The number of rotatable bonds is 0. The number of aromatic amines is 1. The minimum Gasteiger partial charge on any atom is -0.397 e. The molecule has 1 heterocycles. The van der Waals surface area contributed by atoms with Crippen molar-refractivity contribution >= 4 is 16.6 Å². The zero-order valence-electron chi connectivity index (χ0n) is 5.76. The van der Waals surface area contributed by atoms with Gasteiger partial charge in [0.15, 0.2) is 5.95 Å². The lowest BCUT2D eigenvalue weighted by molar-refractivity contribution is 0.595. The third kappa shape index (κ3) is 0.852. The van der Waals surface area contributed by atoms with E-state index in [1.165, 1.54) is 6.07 Å². The van der Waals surface area contributed by atoms with Crippen LogP contribution in [0.3, 0.4) is 0 Å². The second-order valence-electron chi connectivity index (χ2n) is 2.43. The first-order valence-electron chi connectivity index (χ1n) is 3.30. The molecule has 0 amide bonds. The maximum Gasteiger partial charge on any atom is 0.192 e. The van der Waals surface area contributed by atoms with E-state index in [0.717, 1.165) is 5.39 Å². The normalized spacial score (nSPS) is 10.6. The Hall–Kier alpha value is -1.51. The fourth-order valence-corrected chi connectivity index (χ4v) is 1.15. The molecule has 0 aliphatic rings. The van der Waals surface area contributed by atoms with Crippen molar-refractivity contribution in [2.75, 3.05) is 5.73 Å². The van der Waals surface area contributed by atoms with Gasteiger partial charge in [-0.2, -0.15) is 4.39 Å². The van der Waals surface area contributed by atoms with Crippen LogP contribution in [0.1, 0.15) is 0 Å². The van der Waals surface area contributed by atoms with E-state index in [0.29, 0.717) is 11.2 Å². The van der Waals surface area contributed by atoms with Crippen LogP contribution in [-0.2, 0) is 0 Å². The Labute approximate surface area is 62.8 Å². The van der Waals surface area contributed by atoms with Gasteiger partial charge in [-0.15, -0.1) is 0 Å². The van der Waals surface area contributed by atoms with E-state index in [2.05, 4.69) is 4.98 Å². The molecule has 56 valence electrons. The Kier molecular flexibility index (Phi) is 1.12. The van der Waals surface area contributed by atoms with Crippen LogP contribution < -0.4 is 5.73 Å². The highest BCUT2D eigenvalue weighted by Gasteiger charge is 2.00. The largest absolute Gasteiger partial charge is 0.397 e. The predicted molar refractivity (Wildman–Crippen MR) is 42.7 cm³/mol. The number of nitrogens with two attached hydrogens (primary N) is 1. The van der Waals surface area contributed by atoms with E-state index in [-0.39, 0.29) is 5.95 Å². The van der Waals surface area contributed by atoms with E-state index in [1.807, 2.05) is 6.07 Å². The number of H-pyrrole nitrogens is 1. The highest BCUT2D eigenvalue weighted by Crippen LogP contribution is 2.19. The fourth-order valence-electron chi connectivity index (χ4n) is 1.15. The van der Waals surface area contributed by atoms with E-state index < -0.39 is 0 Å². The zero-order chi connectivity index (χ0) is 7.84. The topological polar surface area (TPSA) is 41.8 Å². The molecule has 0 aliphatic heterocycles. The molecule has 11 heavy (non-hydrogen) atoms. The van der Waals surface area contributed by atoms with Gasteiger partial charge in [-0.1, -0.05) is 12.1 Å². The SMILES string of the molecule is Nc1cccc2cc(F)[nH]c12. The number of hydrogen-bond acceptors (Lipinski definition) is 1. The third-order valence-corrected chi connectivity index (χ3v) is 1.66. The van der Waals surface area contributed by atoms with Crippen molar-refractivity contribution in [1.29, 1.82) is 0 Å². The molecular formula is C8H7FN2. The number of hydrogen-bond donors (Lipinski definition) is 2. The first kappa shape index (κ1) is 6.22. The van der Waals surface area contributed by atoms with E-state index in [4.69, 9.17) is 5.73 Å². The molecule has 1 aromatic heterocycles. The summed E-state index contributed by atoms with van der Waals surface area (Å²) in [6.45, 7) is 0. The molecule has 0 atom stereocenters. The molecule has 0 spiro atoms. The van der Waals surface area contributed by atoms with E-state index in [9.17, 15) is 4.39 Å². The van der Waals surface area contributed by atoms with Crippen LogP contribution >= 0.6 is 0 Å². The van der Waals surface area contributed by atoms with Crippen molar-refractivity contribution in [1.82, 2.24) is 4.98 Å². The number of halogens is 1. The van der Waals surface area contributed by atoms with Crippen molar-refractivity contribution < 1.29 is 4.39 Å². The van der Waals surface area contributed by atoms with Crippen LogP contribution in [0.4, 0.5) is 10.1 Å². The molecule has 0 radical (unpaired) electrons. The van der Waals surface area contributed by atoms with Gasteiger partial charge in [0.2, 0.25) is 0 Å². The van der Waals surface area contributed by atoms with Crippen LogP contribution in [0.2, 0.25) is 0 Å². The van der Waals surface area contributed by atoms with Crippen LogP contribution in [-0.4, -0.2) is 4.98 Å². The zero-order valence-corrected chi connectivity index (χ0v) is 5.76. The highest BCUT2D eigenvalue weighted by molar-refractivity contribution is 5.89. The van der Waals surface area contributed by atoms with Gasteiger partial charge in [0.25, 0.3) is 0 Å². The smallest absolute Gasteiger partial charge is 0.192 e. The fraction of sp³-hybridized carbons (Fsp3) is 0. The van der Waals surface area contributed by atoms with Gasteiger partial charge in [-0.3, -0.25) is 0 Å². The molecule has 1 aromatic carbocycles. The maximum absolute atomic E-state index is 12.6. The molecule has 3 N–H and O–H groups in total. The Morgan fingerprint density at radius 1 is 1.36 bits per heavy atom. The average molecular weight is 150 g/mol. The lowest BCUT2D eigenvalue weighted by Crippen LogP contribution is -1.84. The average Bonchev–Trinajstić information content (AvgIpc) is 2.31. The molecule has 0 aliphatic carbocycles. The minimum atomic E-state index is -0.349. The van der Waals surface area contributed by atoms with Gasteiger partial charge in [0.05, 0.1) is 11.2 Å². The molecule has 0 unspecified atom stereocenters. The summed E-state index contributed by atoms with van der Waals surface area (Å²) < 4.78 is 12.6. The Bertz CT molecular complexity index is 392. The first-order chi connectivity index (χ1) is 5.27. The number of nitrogens with one attached hydrogen (secondary N) is 1. The molecule has 0 fully saturated rings. The summed E-state index contributed by atoms with van der Waals surface area (Å²) >= 11 is 0. The Morgan fingerprint density at radius 3 is 2.91 bits per heavy atom. The molecule has 2 rings (SSSR count). The van der Waals surface area contributed by atoms with Crippen molar-refractivity contribution in [3.63, 3.8) is 0 Å². The van der Waals surface area contributed by atoms with Crippen molar-refractivity contribution in [3.05, 3.63) is 30.2 Å². The molecule has 0 bridgehead atoms. The standard InChI is InChI=1S/C8H7FN2/c9-7-4-5-2-1-3-6(10)8(5)11-7/h1-4,11H,10H2.